The van der Waals surface area contributed by atoms with E-state index in [1.165, 1.54) is 5.01 Å². The number of nitrogens with two attached hydrogens (primary N) is 2. The van der Waals surface area contributed by atoms with Crippen LogP contribution in [0.2, 0.25) is 0 Å². The number of likely N-dealkylation sites (tertiary alicyclic amines) is 1. The molecule has 0 spiro atoms. The van der Waals surface area contributed by atoms with Gasteiger partial charge in [-0.1, -0.05) is 30.3 Å². The number of aromatic nitrogens is 1. The predicted octanol–water partition coefficient (Wildman–Crippen LogP) is 3.32. The Bertz CT molecular complexity index is 1070. The van der Waals surface area contributed by atoms with Gasteiger partial charge in [0.1, 0.15) is 0 Å². The minimum Gasteiger partial charge on any atom is -0.397 e. The summed E-state index contributed by atoms with van der Waals surface area (Å²) < 4.78 is 0. The lowest BCUT2D eigenvalue weighted by Crippen LogP contribution is -2.38. The molecule has 4 N–H and O–H groups in total. The Morgan fingerprint density at radius 2 is 1.80 bits per heavy atom. The summed E-state index contributed by atoms with van der Waals surface area (Å²) in [7, 11) is 1.74. The van der Waals surface area contributed by atoms with Gasteiger partial charge in [-0.2, -0.15) is 0 Å². The molecule has 0 unspecified atom stereocenters. The zero-order valence-electron chi connectivity index (χ0n) is 17.2. The van der Waals surface area contributed by atoms with Crippen LogP contribution in [0, 0.1) is 0 Å². The highest BCUT2D eigenvalue weighted by Crippen LogP contribution is 2.30. The average molecular weight is 402 g/mol. The zero-order valence-corrected chi connectivity index (χ0v) is 17.2. The van der Waals surface area contributed by atoms with Gasteiger partial charge in [0, 0.05) is 55.1 Å². The maximum atomic E-state index is 12.7. The van der Waals surface area contributed by atoms with Crippen LogP contribution in [-0.2, 0) is 0 Å². The summed E-state index contributed by atoms with van der Waals surface area (Å²) in [6.45, 7) is 1.49. The molecule has 2 heterocycles. The number of carbonyl (C=O) groups excluding carboxylic acids is 1. The highest BCUT2D eigenvalue weighted by atomic mass is 16.2. The van der Waals surface area contributed by atoms with Crippen LogP contribution in [0.1, 0.15) is 40.4 Å². The molecule has 3 aromatic rings. The second-order valence-electron chi connectivity index (χ2n) is 7.85. The first-order valence-electron chi connectivity index (χ1n) is 10.2. The molecule has 1 aromatic heterocycles. The van der Waals surface area contributed by atoms with Gasteiger partial charge in [-0.05, 0) is 48.1 Å². The second-order valence-corrected chi connectivity index (χ2v) is 7.85. The second kappa shape index (κ2) is 8.55. The number of pyridine rings is 1. The molecule has 0 saturated carbocycles. The molecule has 1 aliphatic rings. The Morgan fingerprint density at radius 1 is 1.07 bits per heavy atom. The fourth-order valence-corrected chi connectivity index (χ4v) is 4.00. The summed E-state index contributed by atoms with van der Waals surface area (Å²) in [5.41, 5.74) is 9.52. The van der Waals surface area contributed by atoms with Crippen molar-refractivity contribution in [1.82, 2.24) is 14.9 Å². The van der Waals surface area contributed by atoms with Gasteiger partial charge in [-0.25, -0.2) is 5.84 Å². The number of hydrogen-bond acceptors (Lipinski definition) is 5. The van der Waals surface area contributed by atoms with E-state index in [9.17, 15) is 4.79 Å². The summed E-state index contributed by atoms with van der Waals surface area (Å²) in [4.78, 5) is 19.3. The van der Waals surface area contributed by atoms with Crippen LogP contribution in [0.25, 0.3) is 16.5 Å². The highest BCUT2D eigenvalue weighted by molar-refractivity contribution is 5.94. The lowest BCUT2D eigenvalue weighted by atomic mass is 9.91. The van der Waals surface area contributed by atoms with Gasteiger partial charge >= 0.3 is 0 Å². The number of nitrogens with zero attached hydrogens (tertiary/aromatic N) is 3. The number of rotatable bonds is 4. The summed E-state index contributed by atoms with van der Waals surface area (Å²) >= 11 is 0. The van der Waals surface area contributed by atoms with Crippen LogP contribution in [0.5, 0.6) is 0 Å². The summed E-state index contributed by atoms with van der Waals surface area (Å²) in [5.74, 6) is 6.13. The Morgan fingerprint density at radius 3 is 2.50 bits per heavy atom. The van der Waals surface area contributed by atoms with Crippen LogP contribution in [0.4, 0.5) is 0 Å². The Balaban J connectivity index is 1.49. The van der Waals surface area contributed by atoms with Crippen LogP contribution in [0.15, 0.2) is 67.0 Å². The number of hydrogen-bond donors (Lipinski definition) is 2. The maximum Gasteiger partial charge on any atom is 0.253 e. The average Bonchev–Trinajstić information content (AvgIpc) is 2.78. The predicted molar refractivity (Wildman–Crippen MR) is 120 cm³/mol. The van der Waals surface area contributed by atoms with Crippen molar-refractivity contribution in [3.05, 3.63) is 83.8 Å². The van der Waals surface area contributed by atoms with Crippen molar-refractivity contribution in [2.75, 3.05) is 20.1 Å². The standard InChI is InChI=1S/C24H27N5O/c1-28(26)16-22(25)19-7-8-20-15-27-23(14-21(20)13-19)17-9-11-29(12-10-17)24(30)18-5-3-2-4-6-18/h2-8,13-17H,9-12,25-26H2,1H3/b22-16-. The molecule has 6 nitrogen and oxygen atoms in total. The zero-order chi connectivity index (χ0) is 21.1. The SMILES string of the molecule is CN(N)/C=C(\N)c1ccc2cnc(C3CCN(C(=O)c4ccccc4)CC3)cc2c1. The van der Waals surface area contributed by atoms with Gasteiger partial charge in [-0.3, -0.25) is 9.78 Å². The van der Waals surface area contributed by atoms with Crippen LogP contribution >= 0.6 is 0 Å². The summed E-state index contributed by atoms with van der Waals surface area (Å²) in [5, 5.41) is 3.63. The van der Waals surface area contributed by atoms with E-state index in [0.29, 0.717) is 11.6 Å². The van der Waals surface area contributed by atoms with Gasteiger partial charge in [0.25, 0.3) is 5.91 Å². The van der Waals surface area contributed by atoms with Crippen molar-refractivity contribution in [3.8, 4) is 0 Å². The highest BCUT2D eigenvalue weighted by Gasteiger charge is 2.25. The largest absolute Gasteiger partial charge is 0.397 e. The molecule has 0 aliphatic carbocycles. The van der Waals surface area contributed by atoms with E-state index < -0.39 is 0 Å². The van der Waals surface area contributed by atoms with Crippen LogP contribution in [-0.4, -0.2) is 40.9 Å². The molecule has 0 radical (unpaired) electrons. The normalized spacial score (nSPS) is 15.4. The molecule has 0 bridgehead atoms. The van der Waals surface area contributed by atoms with Gasteiger partial charge < -0.3 is 15.6 Å². The smallest absolute Gasteiger partial charge is 0.253 e. The van der Waals surface area contributed by atoms with Crippen molar-refractivity contribution in [1.29, 1.82) is 0 Å². The van der Waals surface area contributed by atoms with E-state index in [0.717, 1.165) is 53.5 Å². The molecule has 1 saturated heterocycles. The fourth-order valence-electron chi connectivity index (χ4n) is 4.00. The number of piperidine rings is 1. The van der Waals surface area contributed by atoms with E-state index in [1.54, 1.807) is 13.2 Å². The van der Waals surface area contributed by atoms with Crippen molar-refractivity contribution < 1.29 is 4.79 Å². The monoisotopic (exact) mass is 401 g/mol. The van der Waals surface area contributed by atoms with Crippen molar-refractivity contribution in [2.24, 2.45) is 11.6 Å². The molecule has 1 aliphatic heterocycles. The number of amides is 1. The first-order chi connectivity index (χ1) is 14.5. The van der Waals surface area contributed by atoms with Crippen molar-refractivity contribution in [3.63, 3.8) is 0 Å². The van der Waals surface area contributed by atoms with Gasteiger partial charge in [0.05, 0.1) is 5.70 Å². The first kappa shape index (κ1) is 19.9. The van der Waals surface area contributed by atoms with Gasteiger partial charge in [0.15, 0.2) is 0 Å². The van der Waals surface area contributed by atoms with Gasteiger partial charge in [0.2, 0.25) is 0 Å². The third kappa shape index (κ3) is 4.28. The lowest BCUT2D eigenvalue weighted by molar-refractivity contribution is 0.0712. The van der Waals surface area contributed by atoms with E-state index >= 15 is 0 Å². The third-order valence-corrected chi connectivity index (χ3v) is 5.64. The van der Waals surface area contributed by atoms with Crippen LogP contribution < -0.4 is 11.6 Å². The number of benzene rings is 2. The van der Waals surface area contributed by atoms with E-state index in [4.69, 9.17) is 16.6 Å². The number of carbonyl (C=O) groups is 1. The van der Waals surface area contributed by atoms with Crippen molar-refractivity contribution >= 4 is 22.4 Å². The molecule has 0 atom stereocenters. The van der Waals surface area contributed by atoms with Gasteiger partial charge in [-0.15, -0.1) is 0 Å². The third-order valence-electron chi connectivity index (χ3n) is 5.64. The number of fused-ring (bicyclic) bond motifs is 1. The molecule has 2 aromatic carbocycles. The topological polar surface area (TPSA) is 88.5 Å². The summed E-state index contributed by atoms with van der Waals surface area (Å²) in [6.07, 6.45) is 5.45. The van der Waals surface area contributed by atoms with Crippen LogP contribution in [0.3, 0.4) is 0 Å². The Labute approximate surface area is 176 Å². The first-order valence-corrected chi connectivity index (χ1v) is 10.2. The summed E-state index contributed by atoms with van der Waals surface area (Å²) in [6, 6.07) is 17.7. The molecule has 4 rings (SSSR count). The minimum atomic E-state index is 0.109. The minimum absolute atomic E-state index is 0.109. The molecular formula is C24H27N5O. The van der Waals surface area contributed by atoms with E-state index in [2.05, 4.69) is 12.1 Å². The molecule has 154 valence electrons. The lowest BCUT2D eigenvalue weighted by Gasteiger charge is -2.32. The quantitative estimate of drug-likeness (QED) is 0.517. The molecule has 30 heavy (non-hydrogen) atoms. The van der Waals surface area contributed by atoms with E-state index in [-0.39, 0.29) is 5.91 Å². The molecule has 1 amide bonds. The molecule has 6 heteroatoms. The molecular weight excluding hydrogens is 374 g/mol. The fraction of sp³-hybridized carbons (Fsp3) is 0.250. The molecule has 1 fully saturated rings. The Kier molecular flexibility index (Phi) is 5.68. The van der Waals surface area contributed by atoms with E-state index in [1.807, 2.05) is 53.6 Å². The maximum absolute atomic E-state index is 12.7. The Hall–Kier alpha value is -3.38. The number of hydrazine groups is 1. The van der Waals surface area contributed by atoms with Crippen molar-refractivity contribution in [2.45, 2.75) is 18.8 Å².